The van der Waals surface area contributed by atoms with Crippen LogP contribution in [0.5, 0.6) is 0 Å². The maximum absolute atomic E-state index is 5.70. The van der Waals surface area contributed by atoms with Crippen molar-refractivity contribution in [3.63, 3.8) is 0 Å². The number of para-hydroxylation sites is 4. The average Bonchev–Trinajstić information content (AvgIpc) is 1.52. The molecule has 8 aromatic heterocycles. The van der Waals surface area contributed by atoms with Crippen LogP contribution in [0.2, 0.25) is 0 Å². The molecule has 0 radical (unpaired) electrons. The molecule has 0 N–H and O–H groups in total. The molecular formula is C110H64N8. The van der Waals surface area contributed by atoms with Crippen LogP contribution in [0.25, 0.3) is 254 Å². The van der Waals surface area contributed by atoms with Crippen LogP contribution in [0.3, 0.4) is 0 Å². The summed E-state index contributed by atoms with van der Waals surface area (Å²) in [6.07, 6.45) is 0. The zero-order valence-corrected chi connectivity index (χ0v) is 63.5. The largest absolute Gasteiger partial charge is 0.308 e. The molecule has 0 saturated heterocycles. The van der Waals surface area contributed by atoms with Crippen molar-refractivity contribution in [3.05, 3.63) is 388 Å². The number of fused-ring (bicyclic) bond motifs is 23. The van der Waals surface area contributed by atoms with Crippen molar-refractivity contribution >= 4 is 152 Å². The minimum absolute atomic E-state index is 0.661. The molecule has 0 unspecified atom stereocenters. The molecule has 0 saturated carbocycles. The Labute approximate surface area is 675 Å². The van der Waals surface area contributed by atoms with Gasteiger partial charge in [-0.3, -0.25) is 9.13 Å². The van der Waals surface area contributed by atoms with Crippen molar-refractivity contribution in [2.75, 3.05) is 0 Å². The Balaban J connectivity index is 0.572. The predicted molar refractivity (Wildman–Crippen MR) is 492 cm³/mol. The molecule has 0 amide bonds. The summed E-state index contributed by atoms with van der Waals surface area (Å²) in [5.74, 6) is 3.02. The van der Waals surface area contributed by atoms with Crippen LogP contribution in [0.1, 0.15) is 0 Å². The quantitative estimate of drug-likeness (QED) is 0.137. The summed E-state index contributed by atoms with van der Waals surface area (Å²) in [5.41, 5.74) is 29.1. The third-order valence-electron chi connectivity index (χ3n) is 25.2. The molecule has 0 aliphatic rings. The van der Waals surface area contributed by atoms with Gasteiger partial charge in [-0.15, -0.1) is 0 Å². The Bertz CT molecular complexity index is 8700. The molecule has 0 bridgehead atoms. The van der Waals surface area contributed by atoms with Crippen molar-refractivity contribution in [1.29, 1.82) is 0 Å². The average molecular weight is 1500 g/mol. The fourth-order valence-corrected chi connectivity index (χ4v) is 19.8. The Kier molecular flexibility index (Phi) is 13.6. The van der Waals surface area contributed by atoms with Crippen molar-refractivity contribution in [1.82, 2.24) is 37.9 Å². The van der Waals surface area contributed by atoms with Gasteiger partial charge in [-0.05, 0) is 169 Å². The van der Waals surface area contributed by atoms with E-state index in [1.165, 1.54) is 126 Å². The Morgan fingerprint density at radius 1 is 0.161 bits per heavy atom. The number of benzene rings is 18. The summed E-state index contributed by atoms with van der Waals surface area (Å²) in [7, 11) is 0. The summed E-state index contributed by atoms with van der Waals surface area (Å²) in [6.45, 7) is 0. The minimum atomic E-state index is 0.661. The van der Waals surface area contributed by atoms with E-state index >= 15 is 0 Å². The van der Waals surface area contributed by atoms with Gasteiger partial charge in [0, 0.05) is 86.5 Å². The second-order valence-electron chi connectivity index (χ2n) is 31.6. The second kappa shape index (κ2) is 24.8. The lowest BCUT2D eigenvalue weighted by Crippen LogP contribution is -2.02. The van der Waals surface area contributed by atoms with E-state index in [1.54, 1.807) is 0 Å². The highest BCUT2D eigenvalue weighted by Crippen LogP contribution is 2.52. The molecule has 26 rings (SSSR count). The van der Waals surface area contributed by atoms with Crippen molar-refractivity contribution in [3.8, 4) is 101 Å². The SMILES string of the molecule is c1ccc(-c2ccc3c(c2)c2c4c5ccccc5n5c6cc(-c7ccccc7)ccc6c(cc2n3-c2nc(-c3ccc(-c6ccc(-c7ccc(-c8ccc9c(c8)c8c%10c%11ccccc%11n%11c%12cc(-c%13ccccc%13)ccc%12c(cc8n9-c8nc(-c9ccc%12ccccc%12c9)nc9ccccc89)c%10%11)cc7)cc6)cc3)nc3ccccc23)c45)cc1. The first-order valence-electron chi connectivity index (χ1n) is 40.4. The number of hydrogen-bond acceptors (Lipinski definition) is 4. The van der Waals surface area contributed by atoms with E-state index in [-0.39, 0.29) is 0 Å². The van der Waals surface area contributed by atoms with E-state index in [2.05, 4.69) is 406 Å². The molecule has 0 spiro atoms. The lowest BCUT2D eigenvalue weighted by Gasteiger charge is -2.13. The van der Waals surface area contributed by atoms with Crippen LogP contribution >= 0.6 is 0 Å². The highest BCUT2D eigenvalue weighted by Gasteiger charge is 2.30. The molecule has 8 nitrogen and oxygen atoms in total. The highest BCUT2D eigenvalue weighted by atomic mass is 15.1. The summed E-state index contributed by atoms with van der Waals surface area (Å²) >= 11 is 0. The molecule has 0 fully saturated rings. The smallest absolute Gasteiger partial charge is 0.162 e. The number of aromatic nitrogens is 8. The standard InChI is InChI=1S/C110H64N8/c1-4-20-65(21-5-1)76-52-56-95-89(59-76)101-99(63-87-81-54-50-78(66-22-6-2-7-23-66)61-97(81)115-93-34-18-14-30-85(93)103(101)105(87)115)117(95)109-83-28-12-16-32-91(83)111-107(113-109)74-47-44-72(45-48-74)70-38-36-69(37-39-70)71-40-42-73(43-41-71)77-53-57-96-90(60-77)102-100(118(96)110-84-29-13-17-33-92(84)112-108(114-110)80-49-46-68-26-10-11-27-75(68)58-80)64-88-82-55-51-79(67-24-8-3-9-25-67)62-98(82)116-94-35-19-15-31-86(94)104(102)106(88)116/h1-64H. The van der Waals surface area contributed by atoms with Crippen molar-refractivity contribution in [2.24, 2.45) is 0 Å². The van der Waals surface area contributed by atoms with Gasteiger partial charge >= 0.3 is 0 Å². The van der Waals surface area contributed by atoms with Crippen molar-refractivity contribution in [2.45, 2.75) is 0 Å². The zero-order valence-electron chi connectivity index (χ0n) is 63.5. The first-order chi connectivity index (χ1) is 58.5. The highest BCUT2D eigenvalue weighted by molar-refractivity contribution is 6.38. The van der Waals surface area contributed by atoms with Crippen LogP contribution in [0.15, 0.2) is 388 Å². The Morgan fingerprint density at radius 2 is 0.500 bits per heavy atom. The lowest BCUT2D eigenvalue weighted by molar-refractivity contribution is 1.08. The summed E-state index contributed by atoms with van der Waals surface area (Å²) in [4.78, 5) is 22.0. The Hall–Kier alpha value is -15.9. The monoisotopic (exact) mass is 1500 g/mol. The van der Waals surface area contributed by atoms with Crippen LogP contribution in [0.4, 0.5) is 0 Å². The number of hydrogen-bond donors (Lipinski definition) is 0. The van der Waals surface area contributed by atoms with Gasteiger partial charge in [0.1, 0.15) is 11.6 Å². The van der Waals surface area contributed by atoms with Gasteiger partial charge in [-0.2, -0.15) is 0 Å². The lowest BCUT2D eigenvalue weighted by atomic mass is 9.96. The second-order valence-corrected chi connectivity index (χ2v) is 31.6. The molecule has 0 aliphatic carbocycles. The van der Waals surface area contributed by atoms with Crippen molar-refractivity contribution < 1.29 is 0 Å². The van der Waals surface area contributed by atoms with E-state index in [0.29, 0.717) is 11.6 Å². The van der Waals surface area contributed by atoms with Gasteiger partial charge in [0.2, 0.25) is 0 Å². The molecule has 118 heavy (non-hydrogen) atoms. The molecule has 8 heterocycles. The zero-order chi connectivity index (χ0) is 77.0. The van der Waals surface area contributed by atoms with E-state index < -0.39 is 0 Å². The molecule has 544 valence electrons. The van der Waals surface area contributed by atoms with Gasteiger partial charge < -0.3 is 8.80 Å². The topological polar surface area (TPSA) is 70.2 Å². The minimum Gasteiger partial charge on any atom is -0.308 e. The molecule has 26 aromatic rings. The van der Waals surface area contributed by atoms with Crippen LogP contribution < -0.4 is 0 Å². The predicted octanol–water partition coefficient (Wildman–Crippen LogP) is 28.6. The Morgan fingerprint density at radius 3 is 0.958 bits per heavy atom. The molecule has 18 aromatic carbocycles. The van der Waals surface area contributed by atoms with Crippen LogP contribution in [-0.2, 0) is 0 Å². The van der Waals surface area contributed by atoms with E-state index in [1.807, 2.05) is 0 Å². The van der Waals surface area contributed by atoms with Gasteiger partial charge in [0.25, 0.3) is 0 Å². The molecular weight excluding hydrogens is 1430 g/mol. The van der Waals surface area contributed by atoms with Gasteiger partial charge in [-0.1, -0.05) is 297 Å². The van der Waals surface area contributed by atoms with E-state index in [0.717, 1.165) is 116 Å². The first-order valence-corrected chi connectivity index (χ1v) is 40.4. The maximum Gasteiger partial charge on any atom is 0.162 e. The van der Waals surface area contributed by atoms with Gasteiger partial charge in [0.05, 0.1) is 66.2 Å². The summed E-state index contributed by atoms with van der Waals surface area (Å²) < 4.78 is 9.88. The van der Waals surface area contributed by atoms with Crippen LogP contribution in [0, 0.1) is 0 Å². The fourth-order valence-electron chi connectivity index (χ4n) is 19.8. The molecule has 0 aliphatic heterocycles. The summed E-state index contributed by atoms with van der Waals surface area (Å²) in [5, 5.41) is 18.8. The molecule has 8 heteroatoms. The summed E-state index contributed by atoms with van der Waals surface area (Å²) in [6, 6.07) is 142. The maximum atomic E-state index is 5.70. The first kappa shape index (κ1) is 64.6. The third kappa shape index (κ3) is 9.48. The third-order valence-corrected chi connectivity index (χ3v) is 25.2. The fraction of sp³-hybridized carbons (Fsp3) is 0. The number of rotatable bonds is 10. The van der Waals surface area contributed by atoms with E-state index in [4.69, 9.17) is 19.9 Å². The van der Waals surface area contributed by atoms with Gasteiger partial charge in [0.15, 0.2) is 11.6 Å². The van der Waals surface area contributed by atoms with E-state index in [9.17, 15) is 0 Å². The number of nitrogens with zero attached hydrogens (tertiary/aromatic N) is 8. The van der Waals surface area contributed by atoms with Crippen LogP contribution in [-0.4, -0.2) is 37.9 Å². The normalized spacial score (nSPS) is 12.2. The molecule has 0 atom stereocenters. The van der Waals surface area contributed by atoms with Gasteiger partial charge in [-0.25, -0.2) is 19.9 Å².